The van der Waals surface area contributed by atoms with Gasteiger partial charge in [-0.15, -0.1) is 0 Å². The van der Waals surface area contributed by atoms with Crippen LogP contribution in [0, 0.1) is 5.92 Å². The van der Waals surface area contributed by atoms with E-state index in [4.69, 9.17) is 15.6 Å². The number of hydrogen-bond donors (Lipinski definition) is 3. The smallest absolute Gasteiger partial charge is 0.300 e. The largest absolute Gasteiger partial charge is 0.481 e. The van der Waals surface area contributed by atoms with Crippen LogP contribution in [0.2, 0.25) is 0 Å². The summed E-state index contributed by atoms with van der Waals surface area (Å²) in [7, 11) is 0. The Labute approximate surface area is 86.1 Å². The van der Waals surface area contributed by atoms with Gasteiger partial charge in [0.25, 0.3) is 5.97 Å². The monoisotopic (exact) mass is 205 g/mol. The van der Waals surface area contributed by atoms with E-state index in [1.54, 1.807) is 0 Å². The Balaban J connectivity index is 0. The van der Waals surface area contributed by atoms with Gasteiger partial charge in [0.15, 0.2) is 0 Å². The molecule has 1 unspecified atom stereocenters. The average Bonchev–Trinajstić information content (AvgIpc) is 2.05. The second-order valence-corrected chi connectivity index (χ2v) is 3.38. The Bertz CT molecular complexity index is 149. The molecule has 0 aliphatic heterocycles. The van der Waals surface area contributed by atoms with Crippen LogP contribution in [0.3, 0.4) is 0 Å². The van der Waals surface area contributed by atoms with Crippen LogP contribution >= 0.6 is 0 Å². The van der Waals surface area contributed by atoms with Gasteiger partial charge in [0.05, 0.1) is 0 Å². The zero-order chi connectivity index (χ0) is 11.8. The van der Waals surface area contributed by atoms with E-state index < -0.39 is 11.7 Å². The first-order valence-electron chi connectivity index (χ1n) is 5.02. The predicted octanol–water partition coefficient (Wildman–Crippen LogP) is 1.57. The van der Waals surface area contributed by atoms with E-state index in [1.165, 1.54) is 0 Å². The molecule has 0 radical (unpaired) electrons. The summed E-state index contributed by atoms with van der Waals surface area (Å²) in [5, 5.41) is 17.0. The standard InChI is InChI=1S/C8H19NO.C2H4O2/c1-4-7(5-2)8(9,10)6-3;1-2(3)4/h7,10H,4-6,9H2,1-3H3;1H3,(H,3,4). The highest BCUT2D eigenvalue weighted by atomic mass is 16.4. The van der Waals surface area contributed by atoms with E-state index in [-0.39, 0.29) is 5.92 Å². The van der Waals surface area contributed by atoms with Crippen LogP contribution in [-0.4, -0.2) is 21.9 Å². The van der Waals surface area contributed by atoms with Crippen LogP contribution in [0.5, 0.6) is 0 Å². The molecule has 4 nitrogen and oxygen atoms in total. The van der Waals surface area contributed by atoms with Crippen molar-refractivity contribution in [2.75, 3.05) is 0 Å². The van der Waals surface area contributed by atoms with Crippen molar-refractivity contribution in [1.82, 2.24) is 0 Å². The van der Waals surface area contributed by atoms with E-state index in [0.29, 0.717) is 6.42 Å². The summed E-state index contributed by atoms with van der Waals surface area (Å²) in [6.45, 7) is 7.11. The Morgan fingerprint density at radius 2 is 1.64 bits per heavy atom. The molecule has 4 N–H and O–H groups in total. The van der Waals surface area contributed by atoms with Gasteiger partial charge < -0.3 is 15.9 Å². The third kappa shape index (κ3) is 8.01. The fraction of sp³-hybridized carbons (Fsp3) is 0.900. The summed E-state index contributed by atoms with van der Waals surface area (Å²) in [6.07, 6.45) is 2.55. The van der Waals surface area contributed by atoms with Crippen molar-refractivity contribution in [2.24, 2.45) is 11.7 Å². The Morgan fingerprint density at radius 1 is 1.36 bits per heavy atom. The third-order valence-electron chi connectivity index (χ3n) is 2.26. The molecule has 0 amide bonds. The molecule has 0 bridgehead atoms. The maximum atomic E-state index is 9.56. The molecular weight excluding hydrogens is 182 g/mol. The molecule has 14 heavy (non-hydrogen) atoms. The fourth-order valence-corrected chi connectivity index (χ4v) is 1.28. The first-order chi connectivity index (χ1) is 6.31. The Kier molecular flexibility index (Phi) is 8.79. The zero-order valence-corrected chi connectivity index (χ0v) is 9.58. The molecule has 4 heteroatoms. The average molecular weight is 205 g/mol. The number of carboxylic acid groups (broad SMARTS) is 1. The van der Waals surface area contributed by atoms with E-state index in [0.717, 1.165) is 19.8 Å². The summed E-state index contributed by atoms with van der Waals surface area (Å²) in [5.74, 6) is -0.586. The fourth-order valence-electron chi connectivity index (χ4n) is 1.28. The van der Waals surface area contributed by atoms with Gasteiger partial charge >= 0.3 is 0 Å². The van der Waals surface area contributed by atoms with Gasteiger partial charge in [0.2, 0.25) is 0 Å². The molecule has 86 valence electrons. The lowest BCUT2D eigenvalue weighted by atomic mass is 9.89. The van der Waals surface area contributed by atoms with Crippen molar-refractivity contribution >= 4 is 5.97 Å². The topological polar surface area (TPSA) is 83.5 Å². The first kappa shape index (κ1) is 15.8. The van der Waals surface area contributed by atoms with Crippen LogP contribution in [0.25, 0.3) is 0 Å². The number of rotatable bonds is 4. The van der Waals surface area contributed by atoms with E-state index in [9.17, 15) is 5.11 Å². The minimum absolute atomic E-state index is 0.248. The van der Waals surface area contributed by atoms with E-state index in [1.807, 2.05) is 6.92 Å². The molecule has 0 heterocycles. The SMILES string of the molecule is CC(=O)O.CCC(CC)C(N)(O)CC. The third-order valence-corrected chi connectivity index (χ3v) is 2.26. The number of carbonyl (C=O) groups is 1. The quantitative estimate of drug-likeness (QED) is 0.608. The Hall–Kier alpha value is -0.610. The summed E-state index contributed by atoms with van der Waals surface area (Å²) in [5.41, 5.74) is 4.70. The minimum atomic E-state index is -0.941. The molecule has 0 spiro atoms. The molecule has 1 atom stereocenters. The second kappa shape index (κ2) is 7.76. The molecule has 0 aromatic heterocycles. The molecule has 0 saturated heterocycles. The molecular formula is C10H23NO3. The van der Waals surface area contributed by atoms with Crippen molar-refractivity contribution in [3.05, 3.63) is 0 Å². The summed E-state index contributed by atoms with van der Waals surface area (Å²) < 4.78 is 0. The van der Waals surface area contributed by atoms with Gasteiger partial charge in [0, 0.05) is 12.8 Å². The summed E-state index contributed by atoms with van der Waals surface area (Å²) >= 11 is 0. The molecule has 0 rings (SSSR count). The highest BCUT2D eigenvalue weighted by Gasteiger charge is 2.27. The number of aliphatic hydroxyl groups is 1. The molecule has 0 fully saturated rings. The normalized spacial score (nSPS) is 14.2. The zero-order valence-electron chi connectivity index (χ0n) is 9.58. The highest BCUT2D eigenvalue weighted by Crippen LogP contribution is 2.21. The van der Waals surface area contributed by atoms with E-state index in [2.05, 4.69) is 13.8 Å². The molecule has 0 aliphatic carbocycles. The van der Waals surface area contributed by atoms with Crippen LogP contribution in [0.15, 0.2) is 0 Å². The minimum Gasteiger partial charge on any atom is -0.481 e. The van der Waals surface area contributed by atoms with Crippen LogP contribution < -0.4 is 5.73 Å². The number of hydrogen-bond acceptors (Lipinski definition) is 3. The maximum absolute atomic E-state index is 9.56. The van der Waals surface area contributed by atoms with Crippen molar-refractivity contribution < 1.29 is 15.0 Å². The first-order valence-corrected chi connectivity index (χ1v) is 5.02. The molecule has 0 aromatic carbocycles. The van der Waals surface area contributed by atoms with Gasteiger partial charge in [-0.3, -0.25) is 4.79 Å². The molecule has 0 saturated carbocycles. The van der Waals surface area contributed by atoms with Crippen LogP contribution in [0.4, 0.5) is 0 Å². The molecule has 0 aliphatic rings. The number of nitrogens with two attached hydrogens (primary N) is 1. The van der Waals surface area contributed by atoms with Crippen LogP contribution in [-0.2, 0) is 4.79 Å². The lowest BCUT2D eigenvalue weighted by Crippen LogP contribution is -2.46. The van der Waals surface area contributed by atoms with Gasteiger partial charge in [-0.1, -0.05) is 20.8 Å². The van der Waals surface area contributed by atoms with Crippen LogP contribution in [0.1, 0.15) is 47.0 Å². The van der Waals surface area contributed by atoms with Gasteiger partial charge in [-0.25, -0.2) is 0 Å². The number of aliphatic carboxylic acids is 1. The maximum Gasteiger partial charge on any atom is 0.300 e. The van der Waals surface area contributed by atoms with Crippen molar-refractivity contribution in [3.8, 4) is 0 Å². The molecule has 0 aromatic rings. The summed E-state index contributed by atoms with van der Waals surface area (Å²) in [6, 6.07) is 0. The van der Waals surface area contributed by atoms with Gasteiger partial charge in [0.1, 0.15) is 5.72 Å². The van der Waals surface area contributed by atoms with Crippen molar-refractivity contribution in [2.45, 2.75) is 52.7 Å². The lowest BCUT2D eigenvalue weighted by molar-refractivity contribution is -0.134. The van der Waals surface area contributed by atoms with Gasteiger partial charge in [-0.05, 0) is 19.3 Å². The predicted molar refractivity (Wildman–Crippen MR) is 56.8 cm³/mol. The van der Waals surface area contributed by atoms with E-state index >= 15 is 0 Å². The number of carboxylic acids is 1. The lowest BCUT2D eigenvalue weighted by Gasteiger charge is -2.29. The van der Waals surface area contributed by atoms with Crippen molar-refractivity contribution in [1.29, 1.82) is 0 Å². The second-order valence-electron chi connectivity index (χ2n) is 3.38. The Morgan fingerprint density at radius 3 is 1.71 bits per heavy atom. The van der Waals surface area contributed by atoms with Crippen molar-refractivity contribution in [3.63, 3.8) is 0 Å². The van der Waals surface area contributed by atoms with Gasteiger partial charge in [-0.2, -0.15) is 0 Å². The summed E-state index contributed by atoms with van der Waals surface area (Å²) in [4.78, 5) is 9.00. The highest BCUT2D eigenvalue weighted by molar-refractivity contribution is 5.62.